The van der Waals surface area contributed by atoms with Crippen LogP contribution < -0.4 is 10.1 Å². The molecule has 1 unspecified atom stereocenters. The molecule has 0 aliphatic carbocycles. The van der Waals surface area contributed by atoms with Gasteiger partial charge in [-0.15, -0.1) is 0 Å². The minimum Gasteiger partial charge on any atom is -0.492 e. The Kier molecular flexibility index (Phi) is 5.51. The number of aliphatic carboxylic acids is 1. The highest BCUT2D eigenvalue weighted by Gasteiger charge is 2.35. The molecule has 1 saturated heterocycles. The molecule has 1 fully saturated rings. The topological polar surface area (TPSA) is 95.9 Å². The summed E-state index contributed by atoms with van der Waals surface area (Å²) in [4.78, 5) is 11.1. The fraction of sp³-hybridized carbons (Fsp3) is 0.500. The number of carboxylic acid groups (broad SMARTS) is 1. The normalized spacial score (nSPS) is 19.5. The first-order chi connectivity index (χ1) is 10.8. The highest BCUT2D eigenvalue weighted by atomic mass is 35.5. The number of benzene rings is 1. The van der Waals surface area contributed by atoms with E-state index in [1.807, 2.05) is 0 Å². The zero-order valence-electron chi connectivity index (χ0n) is 12.9. The number of carbonyl (C=O) groups is 1. The predicted octanol–water partition coefficient (Wildman–Crippen LogP) is 1.09. The maximum atomic E-state index is 12.9. The van der Waals surface area contributed by atoms with Gasteiger partial charge in [0.05, 0.1) is 6.61 Å². The van der Waals surface area contributed by atoms with Gasteiger partial charge in [-0.3, -0.25) is 4.79 Å². The van der Waals surface area contributed by atoms with Crippen molar-refractivity contribution in [1.29, 1.82) is 0 Å². The molecule has 1 aromatic rings. The van der Waals surface area contributed by atoms with Crippen LogP contribution in [0.5, 0.6) is 5.75 Å². The fourth-order valence-corrected chi connectivity index (χ4v) is 4.17. The number of sulfonamides is 1. The van der Waals surface area contributed by atoms with E-state index in [1.54, 1.807) is 19.9 Å². The predicted molar refractivity (Wildman–Crippen MR) is 85.5 cm³/mol. The van der Waals surface area contributed by atoms with E-state index in [0.717, 1.165) is 4.31 Å². The van der Waals surface area contributed by atoms with Crippen LogP contribution >= 0.6 is 11.6 Å². The Morgan fingerprint density at radius 2 is 2.22 bits per heavy atom. The summed E-state index contributed by atoms with van der Waals surface area (Å²) in [5.41, 5.74) is 0.706. The maximum Gasteiger partial charge on any atom is 0.322 e. The van der Waals surface area contributed by atoms with Crippen molar-refractivity contribution in [1.82, 2.24) is 9.62 Å². The molecule has 1 atom stereocenters. The Labute approximate surface area is 140 Å². The van der Waals surface area contributed by atoms with Crippen LogP contribution in [0.15, 0.2) is 17.0 Å². The number of aryl methyl sites for hydroxylation is 1. The number of nitrogens with zero attached hydrogens (tertiary/aromatic N) is 1. The zero-order valence-corrected chi connectivity index (χ0v) is 14.4. The lowest BCUT2D eigenvalue weighted by Crippen LogP contribution is -2.55. The maximum absolute atomic E-state index is 12.9. The lowest BCUT2D eigenvalue weighted by Gasteiger charge is -2.31. The van der Waals surface area contributed by atoms with E-state index >= 15 is 0 Å². The van der Waals surface area contributed by atoms with Crippen LogP contribution in [-0.4, -0.2) is 56.1 Å². The number of hydrogen-bond donors (Lipinski definition) is 2. The van der Waals surface area contributed by atoms with Crippen molar-refractivity contribution in [3.63, 3.8) is 0 Å². The molecule has 1 aromatic carbocycles. The summed E-state index contributed by atoms with van der Waals surface area (Å²) in [6, 6.07) is 2.00. The molecule has 0 bridgehead atoms. The molecule has 7 nitrogen and oxygen atoms in total. The van der Waals surface area contributed by atoms with E-state index in [2.05, 4.69) is 5.32 Å². The number of hydrogen-bond acceptors (Lipinski definition) is 5. The number of ether oxygens (including phenoxy) is 1. The van der Waals surface area contributed by atoms with Gasteiger partial charge in [0.25, 0.3) is 0 Å². The average Bonchev–Trinajstić information content (AvgIpc) is 2.51. The summed E-state index contributed by atoms with van der Waals surface area (Å²) in [7, 11) is -3.90. The molecule has 2 rings (SSSR count). The van der Waals surface area contributed by atoms with Gasteiger partial charge in [-0.2, -0.15) is 4.31 Å². The standard InChI is InChI=1S/C14H19ClN2O5S/c1-3-22-12-6-9(2)10(15)7-13(12)23(20,21)17-5-4-16-11(8-17)14(18)19/h6-7,11,16H,3-5,8H2,1-2H3,(H,18,19). The van der Waals surface area contributed by atoms with Crippen LogP contribution in [0, 0.1) is 6.92 Å². The van der Waals surface area contributed by atoms with Crippen LogP contribution in [-0.2, 0) is 14.8 Å². The van der Waals surface area contributed by atoms with Crippen LogP contribution in [0.4, 0.5) is 0 Å². The number of carboxylic acids is 1. The van der Waals surface area contributed by atoms with E-state index < -0.39 is 22.0 Å². The Balaban J connectivity index is 2.42. The van der Waals surface area contributed by atoms with Gasteiger partial charge in [-0.05, 0) is 31.5 Å². The molecule has 0 spiro atoms. The number of rotatable bonds is 5. The molecule has 128 valence electrons. The minimum atomic E-state index is -3.90. The van der Waals surface area contributed by atoms with Crippen LogP contribution in [0.25, 0.3) is 0 Å². The molecular formula is C14H19ClN2O5S. The molecule has 0 radical (unpaired) electrons. The molecule has 0 saturated carbocycles. The van der Waals surface area contributed by atoms with Gasteiger partial charge in [-0.1, -0.05) is 11.6 Å². The van der Waals surface area contributed by atoms with E-state index in [1.165, 1.54) is 6.07 Å². The molecule has 0 amide bonds. The van der Waals surface area contributed by atoms with Crippen molar-refractivity contribution in [2.45, 2.75) is 24.8 Å². The monoisotopic (exact) mass is 362 g/mol. The summed E-state index contributed by atoms with van der Waals surface area (Å²) in [6.45, 7) is 4.12. The van der Waals surface area contributed by atoms with Crippen molar-refractivity contribution in [2.24, 2.45) is 0 Å². The van der Waals surface area contributed by atoms with Gasteiger partial charge in [0.2, 0.25) is 10.0 Å². The molecule has 1 aliphatic rings. The second kappa shape index (κ2) is 7.04. The van der Waals surface area contributed by atoms with Gasteiger partial charge in [0, 0.05) is 24.7 Å². The lowest BCUT2D eigenvalue weighted by molar-refractivity contribution is -0.140. The Hall–Kier alpha value is -1.35. The first-order valence-electron chi connectivity index (χ1n) is 7.16. The van der Waals surface area contributed by atoms with Gasteiger partial charge in [-0.25, -0.2) is 8.42 Å². The lowest BCUT2D eigenvalue weighted by atomic mass is 10.2. The number of nitrogens with one attached hydrogen (secondary N) is 1. The zero-order chi connectivity index (χ0) is 17.2. The van der Waals surface area contributed by atoms with Crippen molar-refractivity contribution in [2.75, 3.05) is 26.2 Å². The molecular weight excluding hydrogens is 344 g/mol. The van der Waals surface area contributed by atoms with Crippen molar-refractivity contribution >= 4 is 27.6 Å². The van der Waals surface area contributed by atoms with E-state index in [0.29, 0.717) is 17.2 Å². The summed E-state index contributed by atoms with van der Waals surface area (Å²) >= 11 is 6.07. The fourth-order valence-electron chi connectivity index (χ4n) is 2.35. The molecule has 2 N–H and O–H groups in total. The largest absolute Gasteiger partial charge is 0.492 e. The number of halogens is 1. The highest BCUT2D eigenvalue weighted by Crippen LogP contribution is 2.32. The molecule has 0 aromatic heterocycles. The number of piperazine rings is 1. The van der Waals surface area contributed by atoms with Crippen LogP contribution in [0.3, 0.4) is 0 Å². The Morgan fingerprint density at radius 1 is 1.52 bits per heavy atom. The van der Waals surface area contributed by atoms with E-state index in [9.17, 15) is 13.2 Å². The molecule has 9 heteroatoms. The quantitative estimate of drug-likeness (QED) is 0.814. The van der Waals surface area contributed by atoms with Crippen LogP contribution in [0.1, 0.15) is 12.5 Å². The molecule has 1 aliphatic heterocycles. The van der Waals surface area contributed by atoms with Gasteiger partial charge in [0.1, 0.15) is 16.7 Å². The smallest absolute Gasteiger partial charge is 0.322 e. The first-order valence-corrected chi connectivity index (χ1v) is 8.98. The third-order valence-corrected chi connectivity index (χ3v) is 5.87. The van der Waals surface area contributed by atoms with Crippen LogP contribution in [0.2, 0.25) is 5.02 Å². The van der Waals surface area contributed by atoms with Crippen molar-refractivity contribution < 1.29 is 23.1 Å². The highest BCUT2D eigenvalue weighted by molar-refractivity contribution is 7.89. The second-order valence-electron chi connectivity index (χ2n) is 5.19. The van der Waals surface area contributed by atoms with Gasteiger partial charge in [0.15, 0.2) is 0 Å². The van der Waals surface area contributed by atoms with Crippen molar-refractivity contribution in [3.8, 4) is 5.75 Å². The van der Waals surface area contributed by atoms with Crippen molar-refractivity contribution in [3.05, 3.63) is 22.7 Å². The third kappa shape index (κ3) is 3.77. The molecule has 23 heavy (non-hydrogen) atoms. The van der Waals surface area contributed by atoms with E-state index in [4.69, 9.17) is 21.4 Å². The van der Waals surface area contributed by atoms with E-state index in [-0.39, 0.29) is 30.3 Å². The second-order valence-corrected chi connectivity index (χ2v) is 7.50. The van der Waals surface area contributed by atoms with Gasteiger partial charge >= 0.3 is 5.97 Å². The SMILES string of the molecule is CCOc1cc(C)c(Cl)cc1S(=O)(=O)N1CCNC(C(=O)O)C1. The van der Waals surface area contributed by atoms with Gasteiger partial charge < -0.3 is 15.2 Å². The Morgan fingerprint density at radius 3 is 2.83 bits per heavy atom. The minimum absolute atomic E-state index is 0.0408. The summed E-state index contributed by atoms with van der Waals surface area (Å²) in [5, 5.41) is 12.2. The third-order valence-electron chi connectivity index (χ3n) is 3.58. The summed E-state index contributed by atoms with van der Waals surface area (Å²) in [5.74, 6) is -0.864. The average molecular weight is 363 g/mol. The first kappa shape index (κ1) is 18.0. The Bertz CT molecular complexity index is 707. The molecule has 1 heterocycles. The summed E-state index contributed by atoms with van der Waals surface area (Å²) < 4.78 is 32.3. The summed E-state index contributed by atoms with van der Waals surface area (Å²) in [6.07, 6.45) is 0.